The minimum atomic E-state index is -0.180. The van der Waals surface area contributed by atoms with E-state index in [4.69, 9.17) is 11.6 Å². The summed E-state index contributed by atoms with van der Waals surface area (Å²) in [5.41, 5.74) is 2.99. The molecule has 0 aliphatic rings. The first-order valence-corrected chi connectivity index (χ1v) is 13.3. The molecule has 8 heteroatoms. The van der Waals surface area contributed by atoms with E-state index in [-0.39, 0.29) is 17.6 Å². The van der Waals surface area contributed by atoms with Crippen LogP contribution in [0.5, 0.6) is 0 Å². The zero-order valence-corrected chi connectivity index (χ0v) is 21.3. The minimum Gasteiger partial charge on any atom is -0.322 e. The first-order valence-electron chi connectivity index (χ1n) is 11.1. The highest BCUT2D eigenvalue weighted by Crippen LogP contribution is 2.27. The van der Waals surface area contributed by atoms with Gasteiger partial charge in [-0.25, -0.2) is 4.98 Å². The Labute approximate surface area is 221 Å². The largest absolute Gasteiger partial charge is 0.322 e. The van der Waals surface area contributed by atoms with Gasteiger partial charge in [0.2, 0.25) is 5.91 Å². The van der Waals surface area contributed by atoms with Crippen molar-refractivity contribution in [2.75, 3.05) is 16.4 Å². The monoisotopic (exact) mass is 529 g/mol. The van der Waals surface area contributed by atoms with E-state index in [2.05, 4.69) is 15.6 Å². The van der Waals surface area contributed by atoms with Crippen molar-refractivity contribution in [3.8, 4) is 11.3 Å². The number of benzene rings is 4. The first kappa shape index (κ1) is 24.1. The zero-order valence-electron chi connectivity index (χ0n) is 18.9. The molecule has 5 rings (SSSR count). The highest BCUT2D eigenvalue weighted by atomic mass is 35.5. The fourth-order valence-electron chi connectivity index (χ4n) is 3.59. The molecule has 0 aliphatic heterocycles. The van der Waals surface area contributed by atoms with E-state index in [9.17, 15) is 9.59 Å². The number of hydrogen-bond donors (Lipinski definition) is 2. The Morgan fingerprint density at radius 3 is 2.50 bits per heavy atom. The summed E-state index contributed by atoms with van der Waals surface area (Å²) in [5.74, 6) is -0.110. The molecule has 4 aromatic carbocycles. The van der Waals surface area contributed by atoms with Gasteiger partial charge in [-0.15, -0.1) is 23.1 Å². The van der Waals surface area contributed by atoms with Gasteiger partial charge in [0.25, 0.3) is 5.91 Å². The Morgan fingerprint density at radius 2 is 1.67 bits per heavy atom. The van der Waals surface area contributed by atoms with Gasteiger partial charge in [-0.1, -0.05) is 60.1 Å². The predicted molar refractivity (Wildman–Crippen MR) is 150 cm³/mol. The van der Waals surface area contributed by atoms with Crippen molar-refractivity contribution in [3.05, 3.63) is 107 Å². The molecule has 1 heterocycles. The Kier molecular flexibility index (Phi) is 7.32. The van der Waals surface area contributed by atoms with Gasteiger partial charge in [-0.05, 0) is 53.2 Å². The number of fused-ring (bicyclic) bond motifs is 1. The SMILES string of the molecule is O=C(CSc1cccc(NC(=O)c2ccc3ccccc3c2)c1)Nc1nc(-c2ccc(Cl)cc2)cs1. The highest BCUT2D eigenvalue weighted by molar-refractivity contribution is 8.00. The third kappa shape index (κ3) is 5.94. The molecule has 0 saturated carbocycles. The Balaban J connectivity index is 1.17. The van der Waals surface area contributed by atoms with Gasteiger partial charge in [0.15, 0.2) is 5.13 Å². The molecular formula is C28H20ClN3O2S2. The average molecular weight is 530 g/mol. The van der Waals surface area contributed by atoms with Crippen LogP contribution in [0.1, 0.15) is 10.4 Å². The van der Waals surface area contributed by atoms with Gasteiger partial charge < -0.3 is 10.6 Å². The number of nitrogens with one attached hydrogen (secondary N) is 2. The van der Waals surface area contributed by atoms with Gasteiger partial charge >= 0.3 is 0 Å². The third-order valence-corrected chi connectivity index (χ3v) is 7.37. The quantitative estimate of drug-likeness (QED) is 0.213. The number of anilines is 2. The Hall–Kier alpha value is -3.65. The number of hydrogen-bond acceptors (Lipinski definition) is 5. The van der Waals surface area contributed by atoms with Crippen molar-refractivity contribution < 1.29 is 9.59 Å². The van der Waals surface area contributed by atoms with Gasteiger partial charge in [-0.2, -0.15) is 0 Å². The molecule has 0 atom stereocenters. The van der Waals surface area contributed by atoms with Gasteiger partial charge in [0, 0.05) is 32.1 Å². The van der Waals surface area contributed by atoms with E-state index in [1.165, 1.54) is 23.1 Å². The maximum absolute atomic E-state index is 12.8. The standard InChI is InChI=1S/C28H20ClN3O2S2/c29-22-12-10-19(11-13-22)25-16-36-28(31-25)32-26(33)17-35-24-7-3-6-23(15-24)30-27(34)21-9-8-18-4-1-2-5-20(18)14-21/h1-16H,17H2,(H,30,34)(H,31,32,33). The van der Waals surface area contributed by atoms with Crippen LogP contribution in [0, 0.1) is 0 Å². The van der Waals surface area contributed by atoms with E-state index >= 15 is 0 Å². The Morgan fingerprint density at radius 1 is 0.861 bits per heavy atom. The second-order valence-corrected chi connectivity index (χ2v) is 10.3. The molecule has 1 aromatic heterocycles. The van der Waals surface area contributed by atoms with Crippen LogP contribution in [0.25, 0.3) is 22.0 Å². The lowest BCUT2D eigenvalue weighted by Crippen LogP contribution is -2.14. The number of halogens is 1. The summed E-state index contributed by atoms with van der Waals surface area (Å²) in [7, 11) is 0. The third-order valence-electron chi connectivity index (χ3n) is 5.36. The van der Waals surface area contributed by atoms with Crippen molar-refractivity contribution in [3.63, 3.8) is 0 Å². The molecule has 5 aromatic rings. The molecule has 36 heavy (non-hydrogen) atoms. The summed E-state index contributed by atoms with van der Waals surface area (Å²) >= 11 is 8.71. The number of carbonyl (C=O) groups is 2. The summed E-state index contributed by atoms with van der Waals surface area (Å²) in [4.78, 5) is 30.6. The van der Waals surface area contributed by atoms with Crippen LogP contribution in [0.3, 0.4) is 0 Å². The number of rotatable bonds is 7. The maximum Gasteiger partial charge on any atom is 0.255 e. The molecule has 0 saturated heterocycles. The molecule has 0 aliphatic carbocycles. The molecule has 5 nitrogen and oxygen atoms in total. The first-order chi connectivity index (χ1) is 17.5. The van der Waals surface area contributed by atoms with Crippen LogP contribution in [0.4, 0.5) is 10.8 Å². The van der Waals surface area contributed by atoms with Crippen molar-refractivity contribution in [2.45, 2.75) is 4.90 Å². The summed E-state index contributed by atoms with van der Waals surface area (Å²) in [5, 5.41) is 11.0. The van der Waals surface area contributed by atoms with Gasteiger partial charge in [0.05, 0.1) is 11.4 Å². The molecule has 2 N–H and O–H groups in total. The number of aromatic nitrogens is 1. The van der Waals surface area contributed by atoms with Crippen molar-refractivity contribution in [1.29, 1.82) is 0 Å². The van der Waals surface area contributed by atoms with Gasteiger partial charge in [0.1, 0.15) is 0 Å². The highest BCUT2D eigenvalue weighted by Gasteiger charge is 2.11. The van der Waals surface area contributed by atoms with E-state index < -0.39 is 0 Å². The topological polar surface area (TPSA) is 71.1 Å². The number of thiazole rings is 1. The molecular weight excluding hydrogens is 510 g/mol. The van der Waals surface area contributed by atoms with Crippen molar-refractivity contribution >= 4 is 68.1 Å². The van der Waals surface area contributed by atoms with Crippen molar-refractivity contribution in [2.24, 2.45) is 0 Å². The maximum atomic E-state index is 12.8. The number of amides is 2. The fraction of sp³-hybridized carbons (Fsp3) is 0.0357. The minimum absolute atomic E-state index is 0.150. The summed E-state index contributed by atoms with van der Waals surface area (Å²) in [6, 6.07) is 28.4. The molecule has 0 radical (unpaired) electrons. The molecule has 0 unspecified atom stereocenters. The van der Waals surface area contributed by atoms with Crippen LogP contribution in [-0.4, -0.2) is 22.6 Å². The molecule has 0 bridgehead atoms. The second kappa shape index (κ2) is 11.0. The van der Waals surface area contributed by atoms with Gasteiger partial charge in [-0.3, -0.25) is 9.59 Å². The van der Waals surface area contributed by atoms with E-state index in [0.717, 1.165) is 26.9 Å². The second-order valence-electron chi connectivity index (χ2n) is 7.93. The van der Waals surface area contributed by atoms with E-state index in [1.54, 1.807) is 0 Å². The lowest BCUT2D eigenvalue weighted by molar-refractivity contribution is -0.113. The summed E-state index contributed by atoms with van der Waals surface area (Å²) in [6.45, 7) is 0. The van der Waals surface area contributed by atoms with Crippen LogP contribution in [0.2, 0.25) is 5.02 Å². The molecule has 2 amide bonds. The average Bonchev–Trinajstić information content (AvgIpc) is 3.36. The number of carbonyl (C=O) groups excluding carboxylic acids is 2. The fourth-order valence-corrected chi connectivity index (χ4v) is 5.20. The van der Waals surface area contributed by atoms with Crippen LogP contribution < -0.4 is 10.6 Å². The normalized spacial score (nSPS) is 10.8. The number of thioether (sulfide) groups is 1. The lowest BCUT2D eigenvalue weighted by atomic mass is 10.1. The zero-order chi connectivity index (χ0) is 24.9. The smallest absolute Gasteiger partial charge is 0.255 e. The molecule has 0 spiro atoms. The predicted octanol–water partition coefficient (Wildman–Crippen LogP) is 7.60. The van der Waals surface area contributed by atoms with Crippen molar-refractivity contribution in [1.82, 2.24) is 4.98 Å². The lowest BCUT2D eigenvalue weighted by Gasteiger charge is -2.08. The summed E-state index contributed by atoms with van der Waals surface area (Å²) in [6.07, 6.45) is 0. The molecule has 0 fully saturated rings. The Bertz CT molecular complexity index is 1550. The van der Waals surface area contributed by atoms with Crippen LogP contribution in [0.15, 0.2) is 101 Å². The number of nitrogens with zero attached hydrogens (tertiary/aromatic N) is 1. The van der Waals surface area contributed by atoms with E-state index in [0.29, 0.717) is 21.4 Å². The van der Waals surface area contributed by atoms with Crippen LogP contribution >= 0.6 is 34.7 Å². The van der Waals surface area contributed by atoms with E-state index in [1.807, 2.05) is 96.4 Å². The molecule has 178 valence electrons. The summed E-state index contributed by atoms with van der Waals surface area (Å²) < 4.78 is 0. The van der Waals surface area contributed by atoms with Crippen LogP contribution in [-0.2, 0) is 4.79 Å².